The van der Waals surface area contributed by atoms with E-state index in [1.54, 1.807) is 29.2 Å². The molecule has 2 aromatic rings. The number of thioether (sulfide) groups is 1. The summed E-state index contributed by atoms with van der Waals surface area (Å²) in [5.41, 5.74) is 3.19. The number of esters is 1. The lowest BCUT2D eigenvalue weighted by Gasteiger charge is -2.12. The van der Waals surface area contributed by atoms with E-state index in [0.717, 1.165) is 11.3 Å². The van der Waals surface area contributed by atoms with Crippen LogP contribution in [0.2, 0.25) is 0 Å². The molecule has 7 heteroatoms. The number of rotatable bonds is 5. The van der Waals surface area contributed by atoms with Crippen molar-refractivity contribution < 1.29 is 14.3 Å². The number of amides is 1. The monoisotopic (exact) mass is 409 g/mol. The van der Waals surface area contributed by atoms with E-state index in [0.29, 0.717) is 27.9 Å². The van der Waals surface area contributed by atoms with Gasteiger partial charge in [0.1, 0.15) is 0 Å². The number of benzene rings is 2. The zero-order chi connectivity index (χ0) is 21.0. The third-order valence-electron chi connectivity index (χ3n) is 4.42. The minimum Gasteiger partial charge on any atom is -0.465 e. The van der Waals surface area contributed by atoms with Crippen LogP contribution in [0.15, 0.2) is 58.4 Å². The molecule has 0 spiro atoms. The normalized spacial score (nSPS) is 16.6. The first-order chi connectivity index (χ1) is 13.9. The molecule has 0 saturated carbocycles. The second-order valence-corrected chi connectivity index (χ2v) is 7.59. The summed E-state index contributed by atoms with van der Waals surface area (Å²) in [6.07, 6.45) is 1.89. The highest BCUT2D eigenvalue weighted by molar-refractivity contribution is 8.18. The van der Waals surface area contributed by atoms with E-state index in [1.807, 2.05) is 56.3 Å². The molecule has 0 aromatic heterocycles. The molecule has 1 saturated heterocycles. The number of amidine groups is 1. The number of anilines is 1. The number of carbonyl (C=O) groups excluding carboxylic acids is 2. The van der Waals surface area contributed by atoms with Gasteiger partial charge in [-0.2, -0.15) is 0 Å². The number of ether oxygens (including phenoxy) is 1. The molecule has 1 heterocycles. The Labute approximate surface area is 174 Å². The molecule has 1 aliphatic rings. The summed E-state index contributed by atoms with van der Waals surface area (Å²) in [5.74, 6) is -0.450. The second-order valence-electron chi connectivity index (χ2n) is 6.58. The smallest absolute Gasteiger partial charge is 0.337 e. The van der Waals surface area contributed by atoms with E-state index in [9.17, 15) is 9.59 Å². The van der Waals surface area contributed by atoms with Crippen molar-refractivity contribution in [2.75, 3.05) is 32.6 Å². The van der Waals surface area contributed by atoms with Crippen LogP contribution in [0.4, 0.5) is 11.4 Å². The Balaban J connectivity index is 1.84. The molecule has 29 heavy (non-hydrogen) atoms. The SMILES string of the molecule is CCN1C(=O)/C(=C/c2ccc(N(C)C)cc2)SC1=Nc1ccc(C(=O)OC)cc1. The Bertz CT molecular complexity index is 964. The van der Waals surface area contributed by atoms with Crippen molar-refractivity contribution in [1.29, 1.82) is 0 Å². The number of carbonyl (C=O) groups is 2. The Morgan fingerprint density at radius 2 is 1.79 bits per heavy atom. The third kappa shape index (κ3) is 4.68. The van der Waals surface area contributed by atoms with Crippen molar-refractivity contribution in [3.8, 4) is 0 Å². The van der Waals surface area contributed by atoms with E-state index in [1.165, 1.54) is 18.9 Å². The average Bonchev–Trinajstić information content (AvgIpc) is 3.02. The summed E-state index contributed by atoms with van der Waals surface area (Å²) in [4.78, 5) is 33.3. The van der Waals surface area contributed by atoms with Crippen molar-refractivity contribution in [3.05, 3.63) is 64.6 Å². The molecule has 0 N–H and O–H groups in total. The molecule has 3 rings (SSSR count). The molecule has 0 bridgehead atoms. The summed E-state index contributed by atoms with van der Waals surface area (Å²) >= 11 is 1.35. The molecule has 0 unspecified atom stereocenters. The third-order valence-corrected chi connectivity index (χ3v) is 5.43. The largest absolute Gasteiger partial charge is 0.465 e. The fourth-order valence-electron chi connectivity index (χ4n) is 2.79. The summed E-state index contributed by atoms with van der Waals surface area (Å²) in [6, 6.07) is 14.8. The van der Waals surface area contributed by atoms with Crippen LogP contribution < -0.4 is 4.90 Å². The van der Waals surface area contributed by atoms with E-state index in [2.05, 4.69) is 4.99 Å². The molecular formula is C22H23N3O3S. The van der Waals surface area contributed by atoms with Crippen LogP contribution in [-0.2, 0) is 9.53 Å². The number of aliphatic imine (C=N–C) groups is 1. The molecule has 0 atom stereocenters. The van der Waals surface area contributed by atoms with Crippen LogP contribution in [0.1, 0.15) is 22.8 Å². The van der Waals surface area contributed by atoms with Gasteiger partial charge in [-0.3, -0.25) is 9.69 Å². The van der Waals surface area contributed by atoms with Gasteiger partial charge in [0.15, 0.2) is 5.17 Å². The van der Waals surface area contributed by atoms with Crippen LogP contribution in [0, 0.1) is 0 Å². The fraction of sp³-hybridized carbons (Fsp3) is 0.227. The number of hydrogen-bond acceptors (Lipinski definition) is 6. The predicted octanol–water partition coefficient (Wildman–Crippen LogP) is 4.16. The van der Waals surface area contributed by atoms with Crippen LogP contribution in [0.25, 0.3) is 6.08 Å². The van der Waals surface area contributed by atoms with Gasteiger partial charge in [0.05, 0.1) is 23.3 Å². The molecule has 6 nitrogen and oxygen atoms in total. The lowest BCUT2D eigenvalue weighted by molar-refractivity contribution is -0.122. The van der Waals surface area contributed by atoms with E-state index in [4.69, 9.17) is 4.74 Å². The van der Waals surface area contributed by atoms with Gasteiger partial charge < -0.3 is 9.64 Å². The zero-order valence-corrected chi connectivity index (χ0v) is 17.7. The van der Waals surface area contributed by atoms with Crippen molar-refractivity contribution in [2.45, 2.75) is 6.92 Å². The van der Waals surface area contributed by atoms with Gasteiger partial charge in [-0.15, -0.1) is 0 Å². The molecule has 0 radical (unpaired) electrons. The maximum Gasteiger partial charge on any atom is 0.337 e. The van der Waals surface area contributed by atoms with Gasteiger partial charge in [-0.1, -0.05) is 12.1 Å². The van der Waals surface area contributed by atoms with Crippen molar-refractivity contribution in [1.82, 2.24) is 4.90 Å². The Kier molecular flexibility index (Phi) is 6.39. The van der Waals surface area contributed by atoms with Crippen LogP contribution in [0.3, 0.4) is 0 Å². The van der Waals surface area contributed by atoms with Gasteiger partial charge in [0, 0.05) is 26.3 Å². The molecule has 150 valence electrons. The molecule has 1 amide bonds. The standard InChI is InChI=1S/C22H23N3O3S/c1-5-25-20(26)19(14-15-6-12-18(13-7-15)24(2)3)29-22(25)23-17-10-8-16(9-11-17)21(27)28-4/h6-14H,5H2,1-4H3/b19-14-,23-22?. The summed E-state index contributed by atoms with van der Waals surface area (Å²) in [5, 5.41) is 0.625. The van der Waals surface area contributed by atoms with E-state index < -0.39 is 5.97 Å². The van der Waals surface area contributed by atoms with Gasteiger partial charge in [0.25, 0.3) is 5.91 Å². The lowest BCUT2D eigenvalue weighted by Crippen LogP contribution is -2.28. The van der Waals surface area contributed by atoms with Crippen molar-refractivity contribution >= 4 is 46.3 Å². The molecule has 0 aliphatic carbocycles. The van der Waals surface area contributed by atoms with E-state index >= 15 is 0 Å². The minimum atomic E-state index is -0.393. The van der Waals surface area contributed by atoms with Gasteiger partial charge >= 0.3 is 5.97 Å². The highest BCUT2D eigenvalue weighted by atomic mass is 32.2. The summed E-state index contributed by atoms with van der Waals surface area (Å²) in [6.45, 7) is 2.45. The first-order valence-corrected chi connectivity index (χ1v) is 10.0. The number of methoxy groups -OCH3 is 1. The van der Waals surface area contributed by atoms with Crippen LogP contribution >= 0.6 is 11.8 Å². The first kappa shape index (κ1) is 20.7. The first-order valence-electron chi connectivity index (χ1n) is 9.18. The fourth-order valence-corrected chi connectivity index (χ4v) is 3.85. The average molecular weight is 410 g/mol. The maximum absolute atomic E-state index is 12.8. The molecule has 2 aromatic carbocycles. The zero-order valence-electron chi connectivity index (χ0n) is 16.9. The Hall–Kier alpha value is -3.06. The predicted molar refractivity (Wildman–Crippen MR) is 119 cm³/mol. The van der Waals surface area contributed by atoms with Gasteiger partial charge in [0.2, 0.25) is 0 Å². The number of nitrogens with zero attached hydrogens (tertiary/aromatic N) is 3. The second kappa shape index (κ2) is 8.96. The highest BCUT2D eigenvalue weighted by Gasteiger charge is 2.32. The van der Waals surface area contributed by atoms with Crippen molar-refractivity contribution in [3.63, 3.8) is 0 Å². The highest BCUT2D eigenvalue weighted by Crippen LogP contribution is 2.34. The number of likely N-dealkylation sites (N-methyl/N-ethyl adjacent to an activating group) is 1. The number of hydrogen-bond donors (Lipinski definition) is 0. The minimum absolute atomic E-state index is 0.0564. The van der Waals surface area contributed by atoms with Crippen molar-refractivity contribution in [2.24, 2.45) is 4.99 Å². The van der Waals surface area contributed by atoms with Gasteiger partial charge in [-0.05, 0) is 66.7 Å². The van der Waals surface area contributed by atoms with E-state index in [-0.39, 0.29) is 5.91 Å². The summed E-state index contributed by atoms with van der Waals surface area (Å²) in [7, 11) is 5.32. The molecule has 1 fully saturated rings. The van der Waals surface area contributed by atoms with Crippen LogP contribution in [0.5, 0.6) is 0 Å². The Morgan fingerprint density at radius 3 is 2.34 bits per heavy atom. The lowest BCUT2D eigenvalue weighted by atomic mass is 10.2. The summed E-state index contributed by atoms with van der Waals surface area (Å²) < 4.78 is 4.71. The quantitative estimate of drug-likeness (QED) is 0.548. The maximum atomic E-state index is 12.8. The molecular weight excluding hydrogens is 386 g/mol. The van der Waals surface area contributed by atoms with Gasteiger partial charge in [-0.25, -0.2) is 9.79 Å². The van der Waals surface area contributed by atoms with Crippen LogP contribution in [-0.4, -0.2) is 49.7 Å². The Morgan fingerprint density at radius 1 is 1.14 bits per heavy atom. The topological polar surface area (TPSA) is 62.2 Å². The molecule has 1 aliphatic heterocycles.